The predicted molar refractivity (Wildman–Crippen MR) is 76.1 cm³/mol. The fourth-order valence-corrected chi connectivity index (χ4v) is 2.20. The molecule has 1 saturated heterocycles. The van der Waals surface area contributed by atoms with Gasteiger partial charge in [-0.15, -0.1) is 0 Å². The molecule has 1 fully saturated rings. The highest BCUT2D eigenvalue weighted by Gasteiger charge is 2.15. The number of hydrogen-bond acceptors (Lipinski definition) is 4. The van der Waals surface area contributed by atoms with Gasteiger partial charge in [0.05, 0.1) is 13.2 Å². The van der Waals surface area contributed by atoms with Crippen molar-refractivity contribution in [2.45, 2.75) is 32.0 Å². The summed E-state index contributed by atoms with van der Waals surface area (Å²) in [6.45, 7) is 2.48. The van der Waals surface area contributed by atoms with Crippen LogP contribution in [0.15, 0.2) is 24.3 Å². The topological polar surface area (TPSA) is 70.6 Å². The van der Waals surface area contributed by atoms with Crippen molar-refractivity contribution < 1.29 is 14.6 Å². The number of rotatable bonds is 6. The van der Waals surface area contributed by atoms with E-state index in [2.05, 4.69) is 10.6 Å². The summed E-state index contributed by atoms with van der Waals surface area (Å²) in [6.07, 6.45) is 1.79. The largest absolute Gasteiger partial charge is 0.392 e. The summed E-state index contributed by atoms with van der Waals surface area (Å²) >= 11 is 0. The Morgan fingerprint density at radius 1 is 1.20 bits per heavy atom. The van der Waals surface area contributed by atoms with E-state index in [-0.39, 0.29) is 18.6 Å². The van der Waals surface area contributed by atoms with Crippen molar-refractivity contribution in [3.63, 3.8) is 0 Å². The molecule has 1 aromatic carbocycles. The van der Waals surface area contributed by atoms with Gasteiger partial charge >= 0.3 is 0 Å². The molecule has 1 aliphatic heterocycles. The molecule has 5 heteroatoms. The summed E-state index contributed by atoms with van der Waals surface area (Å²) in [5.74, 6) is 0.0314. The summed E-state index contributed by atoms with van der Waals surface area (Å²) in [5, 5.41) is 15.1. The molecule has 0 atom stereocenters. The molecule has 1 aliphatic rings. The zero-order chi connectivity index (χ0) is 14.2. The molecule has 5 nitrogen and oxygen atoms in total. The van der Waals surface area contributed by atoms with Crippen LogP contribution in [0.5, 0.6) is 0 Å². The summed E-state index contributed by atoms with van der Waals surface area (Å²) in [5.41, 5.74) is 1.99. The molecule has 0 aromatic heterocycles. The third kappa shape index (κ3) is 4.92. The molecular weight excluding hydrogens is 256 g/mol. The van der Waals surface area contributed by atoms with Crippen molar-refractivity contribution >= 4 is 5.91 Å². The maximum Gasteiger partial charge on any atom is 0.234 e. The molecular formula is C15H22N2O3. The van der Waals surface area contributed by atoms with Gasteiger partial charge in [0.2, 0.25) is 5.91 Å². The second-order valence-corrected chi connectivity index (χ2v) is 5.03. The van der Waals surface area contributed by atoms with Crippen LogP contribution in [0.3, 0.4) is 0 Å². The Morgan fingerprint density at radius 3 is 2.50 bits per heavy atom. The standard InChI is InChI=1S/C15H22N2O3/c18-11-13-3-1-12(2-4-13)9-16-10-15(19)17-14-5-7-20-8-6-14/h1-4,14,16,18H,5-11H2,(H,17,19). The fourth-order valence-electron chi connectivity index (χ4n) is 2.20. The molecule has 0 saturated carbocycles. The van der Waals surface area contributed by atoms with E-state index < -0.39 is 0 Å². The van der Waals surface area contributed by atoms with Gasteiger partial charge < -0.3 is 20.5 Å². The number of amides is 1. The van der Waals surface area contributed by atoms with Gasteiger partial charge in [0, 0.05) is 25.8 Å². The van der Waals surface area contributed by atoms with E-state index in [1.165, 1.54) is 0 Å². The molecule has 1 heterocycles. The van der Waals surface area contributed by atoms with Gasteiger partial charge in [0.15, 0.2) is 0 Å². The lowest BCUT2D eigenvalue weighted by molar-refractivity contribution is -0.121. The molecule has 0 spiro atoms. The number of benzene rings is 1. The van der Waals surface area contributed by atoms with Crippen LogP contribution in [0.2, 0.25) is 0 Å². The first-order valence-electron chi connectivity index (χ1n) is 7.04. The Morgan fingerprint density at radius 2 is 1.85 bits per heavy atom. The maximum atomic E-state index is 11.8. The van der Waals surface area contributed by atoms with E-state index in [1.807, 2.05) is 24.3 Å². The van der Waals surface area contributed by atoms with E-state index in [1.54, 1.807) is 0 Å². The van der Waals surface area contributed by atoms with Gasteiger partial charge in [-0.1, -0.05) is 24.3 Å². The highest BCUT2D eigenvalue weighted by molar-refractivity contribution is 5.78. The third-order valence-corrected chi connectivity index (χ3v) is 3.41. The van der Waals surface area contributed by atoms with Crippen LogP contribution in [-0.2, 0) is 22.7 Å². The van der Waals surface area contributed by atoms with E-state index in [9.17, 15) is 4.79 Å². The molecule has 110 valence electrons. The molecule has 1 aromatic rings. The Labute approximate surface area is 119 Å². The van der Waals surface area contributed by atoms with Gasteiger partial charge in [-0.05, 0) is 24.0 Å². The fraction of sp³-hybridized carbons (Fsp3) is 0.533. The van der Waals surface area contributed by atoms with Crippen molar-refractivity contribution in [3.05, 3.63) is 35.4 Å². The number of carbonyl (C=O) groups excluding carboxylic acids is 1. The normalized spacial score (nSPS) is 16.1. The Bertz CT molecular complexity index is 414. The first-order chi connectivity index (χ1) is 9.78. The zero-order valence-corrected chi connectivity index (χ0v) is 11.6. The molecule has 3 N–H and O–H groups in total. The second kappa shape index (κ2) is 7.99. The molecule has 0 aliphatic carbocycles. The van der Waals surface area contributed by atoms with Crippen molar-refractivity contribution in [2.75, 3.05) is 19.8 Å². The monoisotopic (exact) mass is 278 g/mol. The molecule has 0 unspecified atom stereocenters. The van der Waals surface area contributed by atoms with Gasteiger partial charge in [-0.2, -0.15) is 0 Å². The molecule has 20 heavy (non-hydrogen) atoms. The summed E-state index contributed by atoms with van der Waals surface area (Å²) in [4.78, 5) is 11.8. The molecule has 0 radical (unpaired) electrons. The van der Waals surface area contributed by atoms with Crippen LogP contribution in [-0.4, -0.2) is 36.8 Å². The molecule has 2 rings (SSSR count). The first-order valence-corrected chi connectivity index (χ1v) is 7.04. The lowest BCUT2D eigenvalue weighted by atomic mass is 10.1. The Kier molecular flexibility index (Phi) is 5.98. The van der Waals surface area contributed by atoms with Crippen molar-refractivity contribution in [3.8, 4) is 0 Å². The SMILES string of the molecule is O=C(CNCc1ccc(CO)cc1)NC1CCOCC1. The average molecular weight is 278 g/mol. The van der Waals surface area contributed by atoms with Gasteiger partial charge in [-0.3, -0.25) is 4.79 Å². The lowest BCUT2D eigenvalue weighted by Gasteiger charge is -2.23. The average Bonchev–Trinajstić information content (AvgIpc) is 2.49. The predicted octanol–water partition coefficient (Wildman–Crippen LogP) is 0.564. The summed E-state index contributed by atoms with van der Waals surface area (Å²) in [6, 6.07) is 7.93. The van der Waals surface area contributed by atoms with Crippen molar-refractivity contribution in [2.24, 2.45) is 0 Å². The molecule has 1 amide bonds. The summed E-state index contributed by atoms with van der Waals surface area (Å²) < 4.78 is 5.25. The van der Waals surface area contributed by atoms with Crippen molar-refractivity contribution in [1.82, 2.24) is 10.6 Å². The minimum absolute atomic E-state index is 0.0314. The van der Waals surface area contributed by atoms with E-state index >= 15 is 0 Å². The van der Waals surface area contributed by atoms with Crippen LogP contribution in [0.4, 0.5) is 0 Å². The third-order valence-electron chi connectivity index (χ3n) is 3.41. The number of nitrogens with one attached hydrogen (secondary N) is 2. The van der Waals surface area contributed by atoms with Crippen LogP contribution >= 0.6 is 0 Å². The number of aliphatic hydroxyl groups is 1. The number of carbonyl (C=O) groups is 1. The van der Waals surface area contributed by atoms with Gasteiger partial charge in [0.1, 0.15) is 0 Å². The number of ether oxygens (including phenoxy) is 1. The summed E-state index contributed by atoms with van der Waals surface area (Å²) in [7, 11) is 0. The van der Waals surface area contributed by atoms with Gasteiger partial charge in [0.25, 0.3) is 0 Å². The van der Waals surface area contributed by atoms with E-state index in [4.69, 9.17) is 9.84 Å². The Hall–Kier alpha value is -1.43. The van der Waals surface area contributed by atoms with E-state index in [0.29, 0.717) is 13.1 Å². The van der Waals surface area contributed by atoms with Crippen LogP contribution < -0.4 is 10.6 Å². The lowest BCUT2D eigenvalue weighted by Crippen LogP contribution is -2.42. The smallest absolute Gasteiger partial charge is 0.234 e. The van der Waals surface area contributed by atoms with Crippen LogP contribution in [0, 0.1) is 0 Å². The highest BCUT2D eigenvalue weighted by atomic mass is 16.5. The van der Waals surface area contributed by atoms with Crippen LogP contribution in [0.1, 0.15) is 24.0 Å². The zero-order valence-electron chi connectivity index (χ0n) is 11.6. The first kappa shape index (κ1) is 15.0. The van der Waals surface area contributed by atoms with E-state index in [0.717, 1.165) is 37.2 Å². The maximum absolute atomic E-state index is 11.8. The Balaban J connectivity index is 1.65. The minimum Gasteiger partial charge on any atom is -0.392 e. The van der Waals surface area contributed by atoms with Gasteiger partial charge in [-0.25, -0.2) is 0 Å². The minimum atomic E-state index is 0.0314. The van der Waals surface area contributed by atoms with Crippen LogP contribution in [0.25, 0.3) is 0 Å². The number of hydrogen-bond donors (Lipinski definition) is 3. The second-order valence-electron chi connectivity index (χ2n) is 5.03. The molecule has 0 bridgehead atoms. The highest BCUT2D eigenvalue weighted by Crippen LogP contribution is 2.06. The number of aliphatic hydroxyl groups excluding tert-OH is 1. The quantitative estimate of drug-likeness (QED) is 0.711. The van der Waals surface area contributed by atoms with Crippen molar-refractivity contribution in [1.29, 1.82) is 0 Å².